The van der Waals surface area contributed by atoms with E-state index in [2.05, 4.69) is 15.9 Å². The van der Waals surface area contributed by atoms with Gasteiger partial charge in [-0.1, -0.05) is 28.1 Å². The lowest BCUT2D eigenvalue weighted by Crippen LogP contribution is -1.97. The largest absolute Gasteiger partial charge is 0.493 e. The summed E-state index contributed by atoms with van der Waals surface area (Å²) < 4.78 is 5.38. The Morgan fingerprint density at radius 2 is 2.07 bits per heavy atom. The highest BCUT2D eigenvalue weighted by atomic mass is 79.9. The Labute approximate surface area is 91.9 Å². The molecule has 0 saturated heterocycles. The predicted octanol–water partition coefficient (Wildman–Crippen LogP) is 3.00. The van der Waals surface area contributed by atoms with Crippen molar-refractivity contribution in [2.45, 2.75) is 0 Å². The maximum absolute atomic E-state index is 8.33. The van der Waals surface area contributed by atoms with Crippen LogP contribution in [0.3, 0.4) is 0 Å². The number of ether oxygens (including phenoxy) is 1. The molecule has 0 aliphatic heterocycles. The molecule has 0 aliphatic carbocycles. The number of hydrogen-bond donors (Lipinski definition) is 0. The van der Waals surface area contributed by atoms with E-state index in [1.807, 2.05) is 30.3 Å². The maximum Gasteiger partial charge on any atom is 0.119 e. The van der Waals surface area contributed by atoms with Crippen molar-refractivity contribution in [3.8, 4) is 11.8 Å². The molecule has 0 aliphatic rings. The first-order valence-corrected chi connectivity index (χ1v) is 5.34. The zero-order valence-corrected chi connectivity index (χ0v) is 9.20. The fourth-order valence-electron chi connectivity index (χ4n) is 0.965. The number of nitriles is 1. The van der Waals surface area contributed by atoms with Crippen molar-refractivity contribution in [3.05, 3.63) is 35.9 Å². The van der Waals surface area contributed by atoms with E-state index in [9.17, 15) is 0 Å². The molecule has 0 saturated carbocycles. The van der Waals surface area contributed by atoms with Crippen LogP contribution in [0.5, 0.6) is 5.75 Å². The highest BCUT2D eigenvalue weighted by Crippen LogP contribution is 2.13. The van der Waals surface area contributed by atoms with Gasteiger partial charge in [-0.3, -0.25) is 0 Å². The van der Waals surface area contributed by atoms with Gasteiger partial charge in [-0.2, -0.15) is 5.26 Å². The zero-order chi connectivity index (χ0) is 10.2. The third kappa shape index (κ3) is 3.63. The van der Waals surface area contributed by atoms with Gasteiger partial charge in [-0.05, 0) is 23.8 Å². The molecule has 1 aromatic rings. The fraction of sp³-hybridized carbons (Fsp3) is 0.182. The van der Waals surface area contributed by atoms with Gasteiger partial charge < -0.3 is 4.74 Å². The van der Waals surface area contributed by atoms with Crippen LogP contribution in [-0.2, 0) is 0 Å². The van der Waals surface area contributed by atoms with Crippen molar-refractivity contribution >= 4 is 22.0 Å². The zero-order valence-electron chi connectivity index (χ0n) is 7.61. The minimum Gasteiger partial charge on any atom is -0.493 e. The molecule has 1 rings (SSSR count). The third-order valence-corrected chi connectivity index (χ3v) is 1.90. The van der Waals surface area contributed by atoms with Crippen molar-refractivity contribution in [2.24, 2.45) is 0 Å². The van der Waals surface area contributed by atoms with E-state index >= 15 is 0 Å². The van der Waals surface area contributed by atoms with Crippen molar-refractivity contribution in [3.63, 3.8) is 0 Å². The van der Waals surface area contributed by atoms with Crippen LogP contribution in [0.15, 0.2) is 30.3 Å². The topological polar surface area (TPSA) is 33.0 Å². The lowest BCUT2D eigenvalue weighted by Gasteiger charge is -2.03. The molecule has 0 aromatic heterocycles. The molecule has 3 heteroatoms. The van der Waals surface area contributed by atoms with Crippen molar-refractivity contribution in [2.75, 3.05) is 11.9 Å². The fourth-order valence-corrected chi connectivity index (χ4v) is 1.13. The minimum atomic E-state index is 0.660. The third-order valence-electron chi connectivity index (χ3n) is 1.58. The lowest BCUT2D eigenvalue weighted by atomic mass is 10.2. The average molecular weight is 252 g/mol. The first kappa shape index (κ1) is 10.8. The van der Waals surface area contributed by atoms with Gasteiger partial charge in [0.1, 0.15) is 5.75 Å². The smallest absolute Gasteiger partial charge is 0.119 e. The second-order valence-corrected chi connectivity index (χ2v) is 3.36. The number of nitrogens with zero attached hydrogens (tertiary/aromatic N) is 1. The Morgan fingerprint density at radius 1 is 1.36 bits per heavy atom. The average Bonchev–Trinajstić information content (AvgIpc) is 2.25. The lowest BCUT2D eigenvalue weighted by molar-refractivity contribution is 0.345. The van der Waals surface area contributed by atoms with Gasteiger partial charge in [-0.15, -0.1) is 0 Å². The summed E-state index contributed by atoms with van der Waals surface area (Å²) in [7, 11) is 0. The van der Waals surface area contributed by atoms with Crippen LogP contribution >= 0.6 is 15.9 Å². The summed E-state index contributed by atoms with van der Waals surface area (Å²) in [6.07, 6.45) is 3.21. The van der Waals surface area contributed by atoms with Crippen molar-refractivity contribution < 1.29 is 4.74 Å². The molecule has 0 atom stereocenters. The van der Waals surface area contributed by atoms with E-state index in [0.29, 0.717) is 6.61 Å². The quantitative estimate of drug-likeness (QED) is 0.609. The first-order chi connectivity index (χ1) is 6.86. The summed E-state index contributed by atoms with van der Waals surface area (Å²) in [5.41, 5.74) is 0.998. The van der Waals surface area contributed by atoms with Gasteiger partial charge in [0.25, 0.3) is 0 Å². The van der Waals surface area contributed by atoms with Crippen LogP contribution < -0.4 is 4.74 Å². The summed E-state index contributed by atoms with van der Waals surface area (Å²) >= 11 is 3.28. The SMILES string of the molecule is N#C/C=C/c1ccc(OCCBr)cc1. The minimum absolute atomic E-state index is 0.660. The Bertz CT molecular complexity index is 337. The van der Waals surface area contributed by atoms with E-state index in [0.717, 1.165) is 16.6 Å². The Kier molecular flexibility index (Phi) is 4.81. The maximum atomic E-state index is 8.33. The molecule has 0 bridgehead atoms. The van der Waals surface area contributed by atoms with Crippen LogP contribution in [0, 0.1) is 11.3 Å². The summed E-state index contributed by atoms with van der Waals surface area (Å²) in [6, 6.07) is 9.55. The summed E-state index contributed by atoms with van der Waals surface area (Å²) in [5, 5.41) is 9.15. The number of allylic oxidation sites excluding steroid dienone is 1. The molecule has 72 valence electrons. The number of halogens is 1. The van der Waals surface area contributed by atoms with Crippen LogP contribution in [0.2, 0.25) is 0 Å². The summed E-state index contributed by atoms with van der Waals surface area (Å²) in [6.45, 7) is 0.660. The monoisotopic (exact) mass is 251 g/mol. The molecule has 1 aromatic carbocycles. The number of hydrogen-bond acceptors (Lipinski definition) is 2. The highest BCUT2D eigenvalue weighted by molar-refractivity contribution is 9.09. The molecular formula is C11H10BrNO. The first-order valence-electron chi connectivity index (χ1n) is 4.22. The normalized spacial score (nSPS) is 10.0. The second-order valence-electron chi connectivity index (χ2n) is 2.57. The van der Waals surface area contributed by atoms with Crippen molar-refractivity contribution in [1.82, 2.24) is 0 Å². The number of alkyl halides is 1. The molecule has 0 spiro atoms. The van der Waals surface area contributed by atoms with Crippen molar-refractivity contribution in [1.29, 1.82) is 5.26 Å². The van der Waals surface area contributed by atoms with Gasteiger partial charge >= 0.3 is 0 Å². The van der Waals surface area contributed by atoms with E-state index in [-0.39, 0.29) is 0 Å². The van der Waals surface area contributed by atoms with Gasteiger partial charge in [0.05, 0.1) is 12.7 Å². The molecule has 14 heavy (non-hydrogen) atoms. The Balaban J connectivity index is 2.60. The molecule has 0 fully saturated rings. The van der Waals surface area contributed by atoms with Gasteiger partial charge in [0.15, 0.2) is 0 Å². The Morgan fingerprint density at radius 3 is 2.64 bits per heavy atom. The molecule has 0 heterocycles. The van der Waals surface area contributed by atoms with Gasteiger partial charge in [0.2, 0.25) is 0 Å². The van der Waals surface area contributed by atoms with E-state index in [1.54, 1.807) is 6.08 Å². The van der Waals surface area contributed by atoms with Crippen LogP contribution in [-0.4, -0.2) is 11.9 Å². The molecule has 0 amide bonds. The van der Waals surface area contributed by atoms with E-state index in [1.165, 1.54) is 6.08 Å². The highest BCUT2D eigenvalue weighted by Gasteiger charge is 1.91. The van der Waals surface area contributed by atoms with Gasteiger partial charge in [-0.25, -0.2) is 0 Å². The molecule has 2 nitrogen and oxygen atoms in total. The predicted molar refractivity (Wildman–Crippen MR) is 60.4 cm³/mol. The number of rotatable bonds is 4. The Hall–Kier alpha value is -1.27. The second kappa shape index (κ2) is 6.22. The molecule has 0 radical (unpaired) electrons. The van der Waals surface area contributed by atoms with E-state index in [4.69, 9.17) is 10.00 Å². The van der Waals surface area contributed by atoms with Crippen LogP contribution in [0.4, 0.5) is 0 Å². The standard InChI is InChI=1S/C11H10BrNO/c12-7-9-14-11-5-3-10(4-6-11)2-1-8-13/h1-6H,7,9H2/b2-1+. The van der Waals surface area contributed by atoms with E-state index < -0.39 is 0 Å². The summed E-state index contributed by atoms with van der Waals surface area (Å²) in [4.78, 5) is 0. The van der Waals surface area contributed by atoms with Gasteiger partial charge in [0, 0.05) is 11.4 Å². The van der Waals surface area contributed by atoms with Crippen LogP contribution in [0.1, 0.15) is 5.56 Å². The van der Waals surface area contributed by atoms with Crippen LogP contribution in [0.25, 0.3) is 6.08 Å². The number of benzene rings is 1. The molecule has 0 N–H and O–H groups in total. The summed E-state index contributed by atoms with van der Waals surface area (Å²) in [5.74, 6) is 0.846. The molecular weight excluding hydrogens is 242 g/mol. The molecule has 0 unspecified atom stereocenters.